The summed E-state index contributed by atoms with van der Waals surface area (Å²) in [6, 6.07) is 0.913. The Balaban J connectivity index is 1.95. The number of hydrogen-bond acceptors (Lipinski definition) is 1. The van der Waals surface area contributed by atoms with E-state index < -0.39 is 0 Å². The number of hydrogen-bond donors (Lipinski definition) is 0. The molecule has 0 aromatic carbocycles. The second-order valence-electron chi connectivity index (χ2n) is 5.11. The molecule has 84 valence electrons. The average Bonchev–Trinajstić information content (AvgIpc) is 2.19. The normalized spacial score (nSPS) is 24.6. The third-order valence-corrected chi connectivity index (χ3v) is 3.66. The van der Waals surface area contributed by atoms with E-state index in [0.717, 1.165) is 12.0 Å². The van der Waals surface area contributed by atoms with Gasteiger partial charge in [0.15, 0.2) is 0 Å². The summed E-state index contributed by atoms with van der Waals surface area (Å²) in [6.45, 7) is 6.04. The van der Waals surface area contributed by atoms with Crippen molar-refractivity contribution in [1.29, 1.82) is 0 Å². The van der Waals surface area contributed by atoms with Gasteiger partial charge in [0.1, 0.15) is 0 Å². The van der Waals surface area contributed by atoms with Gasteiger partial charge in [0.2, 0.25) is 0 Å². The van der Waals surface area contributed by atoms with E-state index in [0.29, 0.717) is 0 Å². The van der Waals surface area contributed by atoms with Crippen LogP contribution in [0.3, 0.4) is 0 Å². The van der Waals surface area contributed by atoms with Gasteiger partial charge in [-0.2, -0.15) is 0 Å². The van der Waals surface area contributed by atoms with E-state index in [1.54, 1.807) is 0 Å². The SMILES string of the molecule is CCCCCCC(C)C[C@@H]1CCN1C. The quantitative estimate of drug-likeness (QED) is 0.563. The van der Waals surface area contributed by atoms with Crippen LogP contribution in [0.15, 0.2) is 0 Å². The maximum absolute atomic E-state index is 2.50. The fourth-order valence-electron chi connectivity index (χ4n) is 2.37. The van der Waals surface area contributed by atoms with Crippen LogP contribution in [0.5, 0.6) is 0 Å². The highest BCUT2D eigenvalue weighted by molar-refractivity contribution is 4.80. The minimum absolute atomic E-state index is 0.913. The van der Waals surface area contributed by atoms with Crippen molar-refractivity contribution >= 4 is 0 Å². The molecule has 0 bridgehead atoms. The van der Waals surface area contributed by atoms with Crippen molar-refractivity contribution in [2.75, 3.05) is 13.6 Å². The van der Waals surface area contributed by atoms with Crippen LogP contribution >= 0.6 is 0 Å². The van der Waals surface area contributed by atoms with Crippen LogP contribution in [0, 0.1) is 5.92 Å². The lowest BCUT2D eigenvalue weighted by Crippen LogP contribution is -2.45. The van der Waals surface area contributed by atoms with Crippen LogP contribution in [-0.2, 0) is 0 Å². The van der Waals surface area contributed by atoms with Crippen LogP contribution in [0.4, 0.5) is 0 Å². The zero-order valence-corrected chi connectivity index (χ0v) is 10.3. The van der Waals surface area contributed by atoms with Gasteiger partial charge in [0, 0.05) is 6.04 Å². The molecule has 1 heterocycles. The first-order chi connectivity index (χ1) is 6.74. The Hall–Kier alpha value is -0.0400. The molecule has 1 saturated heterocycles. The zero-order chi connectivity index (χ0) is 10.4. The molecule has 0 saturated carbocycles. The van der Waals surface area contributed by atoms with E-state index in [4.69, 9.17) is 0 Å². The first-order valence-corrected chi connectivity index (χ1v) is 6.44. The molecular weight excluding hydrogens is 170 g/mol. The Morgan fingerprint density at radius 3 is 2.57 bits per heavy atom. The van der Waals surface area contributed by atoms with Gasteiger partial charge in [-0.1, -0.05) is 46.0 Å². The average molecular weight is 197 g/mol. The molecule has 1 unspecified atom stereocenters. The molecule has 0 aromatic rings. The third-order valence-electron chi connectivity index (χ3n) is 3.66. The van der Waals surface area contributed by atoms with Crippen molar-refractivity contribution in [2.45, 2.75) is 64.8 Å². The standard InChI is InChI=1S/C13H27N/c1-4-5-6-7-8-12(2)11-13-9-10-14(13)3/h12-13H,4-11H2,1-3H3/t12?,13-/m0/s1. The molecule has 0 aromatic heterocycles. The topological polar surface area (TPSA) is 3.24 Å². The van der Waals surface area contributed by atoms with Gasteiger partial charge in [-0.15, -0.1) is 0 Å². The lowest BCUT2D eigenvalue weighted by atomic mass is 9.90. The van der Waals surface area contributed by atoms with Gasteiger partial charge in [-0.25, -0.2) is 0 Å². The summed E-state index contributed by atoms with van der Waals surface area (Å²) >= 11 is 0. The zero-order valence-electron chi connectivity index (χ0n) is 10.3. The molecule has 0 spiro atoms. The number of likely N-dealkylation sites (tertiary alicyclic amines) is 1. The Labute approximate surface area is 89.9 Å². The predicted molar refractivity (Wildman–Crippen MR) is 63.6 cm³/mol. The smallest absolute Gasteiger partial charge is 0.0107 e. The molecule has 0 aliphatic carbocycles. The lowest BCUT2D eigenvalue weighted by Gasteiger charge is -2.39. The maximum atomic E-state index is 2.50. The van der Waals surface area contributed by atoms with E-state index in [2.05, 4.69) is 25.8 Å². The number of nitrogens with zero attached hydrogens (tertiary/aromatic N) is 1. The summed E-state index contributed by atoms with van der Waals surface area (Å²) in [5.41, 5.74) is 0. The van der Waals surface area contributed by atoms with Crippen LogP contribution < -0.4 is 0 Å². The summed E-state index contributed by atoms with van der Waals surface area (Å²) in [7, 11) is 2.26. The highest BCUT2D eigenvalue weighted by Crippen LogP contribution is 2.24. The molecule has 1 aliphatic heterocycles. The van der Waals surface area contributed by atoms with Gasteiger partial charge < -0.3 is 4.90 Å². The second kappa shape index (κ2) is 6.44. The summed E-state index contributed by atoms with van der Waals surface area (Å²) < 4.78 is 0. The third kappa shape index (κ3) is 4.00. The molecule has 1 heteroatoms. The molecular formula is C13H27N. The molecule has 14 heavy (non-hydrogen) atoms. The Morgan fingerprint density at radius 1 is 1.29 bits per heavy atom. The molecule has 1 fully saturated rings. The van der Waals surface area contributed by atoms with E-state index >= 15 is 0 Å². The van der Waals surface area contributed by atoms with Crippen LogP contribution in [0.1, 0.15) is 58.8 Å². The second-order valence-corrected chi connectivity index (χ2v) is 5.11. The molecule has 0 amide bonds. The Bertz CT molecular complexity index is 144. The summed E-state index contributed by atoms with van der Waals surface area (Å²) in [6.07, 6.45) is 10.0. The summed E-state index contributed by atoms with van der Waals surface area (Å²) in [5, 5.41) is 0. The highest BCUT2D eigenvalue weighted by atomic mass is 15.2. The van der Waals surface area contributed by atoms with Gasteiger partial charge in [0.05, 0.1) is 0 Å². The minimum atomic E-state index is 0.913. The van der Waals surface area contributed by atoms with Crippen LogP contribution in [-0.4, -0.2) is 24.5 Å². The van der Waals surface area contributed by atoms with Crippen molar-refractivity contribution < 1.29 is 0 Å². The number of unbranched alkanes of at least 4 members (excludes halogenated alkanes) is 3. The Morgan fingerprint density at radius 2 is 2.07 bits per heavy atom. The van der Waals surface area contributed by atoms with Crippen molar-refractivity contribution in [2.24, 2.45) is 5.92 Å². The Kier molecular flexibility index (Phi) is 5.54. The molecule has 0 N–H and O–H groups in total. The van der Waals surface area contributed by atoms with E-state index in [1.807, 2.05) is 0 Å². The van der Waals surface area contributed by atoms with E-state index in [-0.39, 0.29) is 0 Å². The maximum Gasteiger partial charge on any atom is 0.0107 e. The van der Waals surface area contributed by atoms with Gasteiger partial charge in [0.25, 0.3) is 0 Å². The highest BCUT2D eigenvalue weighted by Gasteiger charge is 2.25. The lowest BCUT2D eigenvalue weighted by molar-refractivity contribution is 0.102. The molecule has 2 atom stereocenters. The largest absolute Gasteiger partial charge is 0.303 e. The van der Waals surface area contributed by atoms with E-state index in [9.17, 15) is 0 Å². The number of rotatable bonds is 7. The molecule has 1 nitrogen and oxygen atoms in total. The van der Waals surface area contributed by atoms with Gasteiger partial charge >= 0.3 is 0 Å². The van der Waals surface area contributed by atoms with Crippen LogP contribution in [0.25, 0.3) is 0 Å². The summed E-state index contributed by atoms with van der Waals surface area (Å²) in [4.78, 5) is 2.50. The van der Waals surface area contributed by atoms with Crippen molar-refractivity contribution in [3.63, 3.8) is 0 Å². The molecule has 1 rings (SSSR count). The van der Waals surface area contributed by atoms with Gasteiger partial charge in [-0.3, -0.25) is 0 Å². The predicted octanol–water partition coefficient (Wildman–Crippen LogP) is 3.69. The van der Waals surface area contributed by atoms with Crippen molar-refractivity contribution in [3.05, 3.63) is 0 Å². The fourth-order valence-corrected chi connectivity index (χ4v) is 2.37. The van der Waals surface area contributed by atoms with Crippen molar-refractivity contribution in [3.8, 4) is 0 Å². The molecule has 0 radical (unpaired) electrons. The fraction of sp³-hybridized carbons (Fsp3) is 1.00. The van der Waals surface area contributed by atoms with Crippen molar-refractivity contribution in [1.82, 2.24) is 4.90 Å². The first-order valence-electron chi connectivity index (χ1n) is 6.44. The molecule has 1 aliphatic rings. The first kappa shape index (κ1) is 12.0. The minimum Gasteiger partial charge on any atom is -0.303 e. The monoisotopic (exact) mass is 197 g/mol. The van der Waals surface area contributed by atoms with E-state index in [1.165, 1.54) is 51.5 Å². The summed E-state index contributed by atoms with van der Waals surface area (Å²) in [5.74, 6) is 0.944. The van der Waals surface area contributed by atoms with Crippen LogP contribution in [0.2, 0.25) is 0 Å². The van der Waals surface area contributed by atoms with Gasteiger partial charge in [-0.05, 0) is 32.4 Å².